The summed E-state index contributed by atoms with van der Waals surface area (Å²) < 4.78 is 6.88. The molecule has 0 aliphatic rings. The van der Waals surface area contributed by atoms with Crippen molar-refractivity contribution < 1.29 is 9.53 Å². The average molecular weight is 336 g/mol. The standard InChI is InChI=1S/C18H16N4O3/c19-11-13-5-7-14(8-6-13)25-10-9-20-17(23)12-22-16-4-2-1-3-15(16)21-18(22)24/h1-8H,9-10,12H2,(H,20,23)(H,21,24). The number of fused-ring (bicyclic) bond motifs is 1. The molecule has 0 radical (unpaired) electrons. The molecule has 0 fully saturated rings. The van der Waals surface area contributed by atoms with Crippen molar-refractivity contribution >= 4 is 16.9 Å². The number of para-hydroxylation sites is 2. The second-order valence-corrected chi connectivity index (χ2v) is 5.37. The van der Waals surface area contributed by atoms with Crippen molar-refractivity contribution in [3.63, 3.8) is 0 Å². The molecule has 25 heavy (non-hydrogen) atoms. The molecule has 1 heterocycles. The zero-order valence-electron chi connectivity index (χ0n) is 13.4. The van der Waals surface area contributed by atoms with Gasteiger partial charge in [0.1, 0.15) is 18.9 Å². The number of imidazole rings is 1. The number of aromatic amines is 1. The minimum Gasteiger partial charge on any atom is -0.492 e. The number of amides is 1. The van der Waals surface area contributed by atoms with Crippen LogP contribution in [0.1, 0.15) is 5.56 Å². The van der Waals surface area contributed by atoms with Crippen molar-refractivity contribution in [2.24, 2.45) is 0 Å². The van der Waals surface area contributed by atoms with E-state index < -0.39 is 0 Å². The van der Waals surface area contributed by atoms with Gasteiger partial charge in [0.25, 0.3) is 0 Å². The number of ether oxygens (including phenoxy) is 1. The first-order valence-electron chi connectivity index (χ1n) is 7.74. The highest BCUT2D eigenvalue weighted by Gasteiger charge is 2.09. The van der Waals surface area contributed by atoms with Gasteiger partial charge in [-0.2, -0.15) is 5.26 Å². The smallest absolute Gasteiger partial charge is 0.326 e. The van der Waals surface area contributed by atoms with E-state index in [-0.39, 0.29) is 18.1 Å². The molecule has 0 saturated heterocycles. The van der Waals surface area contributed by atoms with Gasteiger partial charge in [0.2, 0.25) is 5.91 Å². The fraction of sp³-hybridized carbons (Fsp3) is 0.167. The molecule has 1 amide bonds. The van der Waals surface area contributed by atoms with E-state index in [1.54, 1.807) is 36.4 Å². The van der Waals surface area contributed by atoms with Gasteiger partial charge in [0.05, 0.1) is 29.2 Å². The number of nitrogens with zero attached hydrogens (tertiary/aromatic N) is 2. The molecule has 0 unspecified atom stereocenters. The fourth-order valence-electron chi connectivity index (χ4n) is 2.45. The van der Waals surface area contributed by atoms with E-state index in [2.05, 4.69) is 10.3 Å². The van der Waals surface area contributed by atoms with Gasteiger partial charge in [-0.3, -0.25) is 9.36 Å². The lowest BCUT2D eigenvalue weighted by Crippen LogP contribution is -2.33. The molecule has 7 nitrogen and oxygen atoms in total. The van der Waals surface area contributed by atoms with Crippen molar-refractivity contribution in [2.45, 2.75) is 6.54 Å². The molecule has 0 aliphatic heterocycles. The Morgan fingerprint density at radius 1 is 1.20 bits per heavy atom. The van der Waals surface area contributed by atoms with Gasteiger partial charge in [0.15, 0.2) is 0 Å². The normalized spacial score (nSPS) is 10.4. The van der Waals surface area contributed by atoms with Crippen LogP contribution in [0.4, 0.5) is 0 Å². The monoisotopic (exact) mass is 336 g/mol. The summed E-state index contributed by atoms with van der Waals surface area (Å²) in [6.07, 6.45) is 0. The second-order valence-electron chi connectivity index (χ2n) is 5.37. The van der Waals surface area contributed by atoms with Gasteiger partial charge in [-0.25, -0.2) is 4.79 Å². The van der Waals surface area contributed by atoms with Crippen LogP contribution in [-0.2, 0) is 11.3 Å². The number of H-pyrrole nitrogens is 1. The maximum atomic E-state index is 12.0. The summed E-state index contributed by atoms with van der Waals surface area (Å²) in [5, 5.41) is 11.4. The molecule has 7 heteroatoms. The first-order chi connectivity index (χ1) is 12.2. The lowest BCUT2D eigenvalue weighted by Gasteiger charge is -2.08. The molecular formula is C18H16N4O3. The summed E-state index contributed by atoms with van der Waals surface area (Å²) in [5.41, 5.74) is 1.64. The number of rotatable bonds is 6. The third kappa shape index (κ3) is 3.87. The van der Waals surface area contributed by atoms with Gasteiger partial charge in [-0.05, 0) is 36.4 Å². The summed E-state index contributed by atoms with van der Waals surface area (Å²) in [6, 6.07) is 16.0. The van der Waals surface area contributed by atoms with Crippen molar-refractivity contribution in [3.8, 4) is 11.8 Å². The van der Waals surface area contributed by atoms with Crippen LogP contribution in [0, 0.1) is 11.3 Å². The number of carbonyl (C=O) groups excluding carboxylic acids is 1. The molecule has 0 saturated carbocycles. The number of nitrogens with one attached hydrogen (secondary N) is 2. The van der Waals surface area contributed by atoms with Crippen molar-refractivity contribution in [3.05, 3.63) is 64.6 Å². The highest BCUT2D eigenvalue weighted by molar-refractivity contribution is 5.80. The van der Waals surface area contributed by atoms with E-state index in [0.717, 1.165) is 0 Å². The van der Waals surface area contributed by atoms with E-state index in [4.69, 9.17) is 10.00 Å². The largest absolute Gasteiger partial charge is 0.492 e. The average Bonchev–Trinajstić information content (AvgIpc) is 2.95. The molecule has 2 aromatic carbocycles. The first-order valence-corrected chi connectivity index (χ1v) is 7.74. The Kier molecular flexibility index (Phi) is 4.81. The van der Waals surface area contributed by atoms with Crippen molar-refractivity contribution in [1.29, 1.82) is 5.26 Å². The van der Waals surface area contributed by atoms with Crippen LogP contribution in [-0.4, -0.2) is 28.6 Å². The molecule has 1 aromatic heterocycles. The van der Waals surface area contributed by atoms with Crippen molar-refractivity contribution in [2.75, 3.05) is 13.2 Å². The van der Waals surface area contributed by atoms with Gasteiger partial charge in [0, 0.05) is 0 Å². The molecular weight excluding hydrogens is 320 g/mol. The maximum Gasteiger partial charge on any atom is 0.326 e. The topological polar surface area (TPSA) is 99.9 Å². The summed E-state index contributed by atoms with van der Waals surface area (Å²) >= 11 is 0. The van der Waals surface area contributed by atoms with Crippen LogP contribution in [0.25, 0.3) is 11.0 Å². The Balaban J connectivity index is 1.50. The lowest BCUT2D eigenvalue weighted by atomic mass is 10.2. The molecule has 0 atom stereocenters. The van der Waals surface area contributed by atoms with Crippen LogP contribution in [0.2, 0.25) is 0 Å². The molecule has 0 aliphatic carbocycles. The Labute approximate surface area is 143 Å². The summed E-state index contributed by atoms with van der Waals surface area (Å²) in [7, 11) is 0. The molecule has 3 aromatic rings. The predicted octanol–water partition coefficient (Wildman–Crippen LogP) is 1.40. The Bertz CT molecular complexity index is 980. The zero-order chi connectivity index (χ0) is 17.6. The van der Waals surface area contributed by atoms with E-state index in [1.807, 2.05) is 18.2 Å². The Morgan fingerprint density at radius 2 is 1.96 bits per heavy atom. The van der Waals surface area contributed by atoms with E-state index in [1.165, 1.54) is 4.57 Å². The van der Waals surface area contributed by atoms with E-state index >= 15 is 0 Å². The van der Waals surface area contributed by atoms with Crippen LogP contribution in [0.15, 0.2) is 53.3 Å². The van der Waals surface area contributed by atoms with Crippen LogP contribution >= 0.6 is 0 Å². The first kappa shape index (κ1) is 16.3. The molecule has 126 valence electrons. The second kappa shape index (κ2) is 7.36. The minimum absolute atomic E-state index is 0.0558. The third-order valence-electron chi connectivity index (χ3n) is 3.66. The Morgan fingerprint density at radius 3 is 2.72 bits per heavy atom. The SMILES string of the molecule is N#Cc1ccc(OCCNC(=O)Cn2c(=O)[nH]c3ccccc32)cc1. The van der Waals surface area contributed by atoms with Crippen LogP contribution in [0.5, 0.6) is 5.75 Å². The van der Waals surface area contributed by atoms with Gasteiger partial charge < -0.3 is 15.0 Å². The lowest BCUT2D eigenvalue weighted by molar-refractivity contribution is -0.121. The highest BCUT2D eigenvalue weighted by atomic mass is 16.5. The quantitative estimate of drug-likeness (QED) is 0.665. The van der Waals surface area contributed by atoms with Crippen LogP contribution in [0.3, 0.4) is 0 Å². The zero-order valence-corrected chi connectivity index (χ0v) is 13.4. The molecule has 0 bridgehead atoms. The van der Waals surface area contributed by atoms with Crippen molar-refractivity contribution in [1.82, 2.24) is 14.9 Å². The summed E-state index contributed by atoms with van der Waals surface area (Å²) in [5.74, 6) is 0.358. The minimum atomic E-state index is -0.315. The van der Waals surface area contributed by atoms with Crippen LogP contribution < -0.4 is 15.7 Å². The highest BCUT2D eigenvalue weighted by Crippen LogP contribution is 2.11. The number of carbonyl (C=O) groups is 1. The predicted molar refractivity (Wildman–Crippen MR) is 92.2 cm³/mol. The summed E-state index contributed by atoms with van der Waals surface area (Å²) in [6.45, 7) is 0.552. The fourth-order valence-corrected chi connectivity index (χ4v) is 2.45. The number of hydrogen-bond donors (Lipinski definition) is 2. The number of nitriles is 1. The van der Waals surface area contributed by atoms with E-state index in [0.29, 0.717) is 35.5 Å². The summed E-state index contributed by atoms with van der Waals surface area (Å²) in [4.78, 5) is 26.7. The number of benzene rings is 2. The number of aromatic nitrogens is 2. The third-order valence-corrected chi connectivity index (χ3v) is 3.66. The van der Waals surface area contributed by atoms with Gasteiger partial charge in [-0.15, -0.1) is 0 Å². The maximum absolute atomic E-state index is 12.0. The molecule has 3 rings (SSSR count). The Hall–Kier alpha value is -3.53. The number of hydrogen-bond acceptors (Lipinski definition) is 4. The van der Waals surface area contributed by atoms with Gasteiger partial charge >= 0.3 is 5.69 Å². The molecule has 2 N–H and O–H groups in total. The van der Waals surface area contributed by atoms with Gasteiger partial charge in [-0.1, -0.05) is 12.1 Å². The van der Waals surface area contributed by atoms with E-state index in [9.17, 15) is 9.59 Å². The molecule has 0 spiro atoms.